The minimum atomic E-state index is 0.705. The van der Waals surface area contributed by atoms with Gasteiger partial charge in [-0.2, -0.15) is 0 Å². The zero-order valence-corrected chi connectivity index (χ0v) is 25.0. The first-order chi connectivity index (χ1) is 21.7. The lowest BCUT2D eigenvalue weighted by molar-refractivity contribution is 1.17. The molecule has 8 rings (SSSR count). The molecule has 5 heterocycles. The average molecular weight is 605 g/mol. The minimum Gasteiger partial charge on any atom is -0.355 e. The Morgan fingerprint density at radius 2 is 0.977 bits per heavy atom. The molecule has 3 aromatic carbocycles. The maximum absolute atomic E-state index is 6.23. The van der Waals surface area contributed by atoms with Crippen molar-refractivity contribution in [1.82, 2.24) is 19.9 Å². The number of nitrogens with one attached hydrogen (secondary N) is 2. The Morgan fingerprint density at radius 3 is 1.48 bits per heavy atom. The van der Waals surface area contributed by atoms with Gasteiger partial charge in [0.1, 0.15) is 0 Å². The van der Waals surface area contributed by atoms with Gasteiger partial charge in [0.15, 0.2) is 0 Å². The number of aromatic amines is 2. The summed E-state index contributed by atoms with van der Waals surface area (Å²) in [5.74, 6) is 0. The Kier molecular flexibility index (Phi) is 6.75. The zero-order chi connectivity index (χ0) is 29.5. The molecule has 0 saturated heterocycles. The van der Waals surface area contributed by atoms with Crippen LogP contribution in [0.25, 0.3) is 68.6 Å². The second-order valence-corrected chi connectivity index (χ2v) is 12.1. The second-order valence-electron chi connectivity index (χ2n) is 10.6. The third kappa shape index (κ3) is 5.06. The number of halogens is 1. The van der Waals surface area contributed by atoms with E-state index in [0.717, 1.165) is 76.9 Å². The van der Waals surface area contributed by atoms with Crippen LogP contribution in [0.5, 0.6) is 0 Å². The van der Waals surface area contributed by atoms with E-state index in [1.165, 1.54) is 0 Å². The number of fused-ring (bicyclic) bond motifs is 8. The van der Waals surface area contributed by atoms with Crippen LogP contribution in [0.15, 0.2) is 125 Å². The molecule has 6 heteroatoms. The van der Waals surface area contributed by atoms with Crippen molar-refractivity contribution in [3.05, 3.63) is 143 Å². The monoisotopic (exact) mass is 604 g/mol. The molecule has 210 valence electrons. The van der Waals surface area contributed by atoms with Crippen LogP contribution in [0.4, 0.5) is 0 Å². The topological polar surface area (TPSA) is 57.4 Å². The number of hydrogen-bond donors (Lipinski definition) is 2. The molecule has 2 aliphatic rings. The van der Waals surface area contributed by atoms with Crippen LogP contribution in [0.2, 0.25) is 5.02 Å². The normalized spacial score (nSPS) is 12.1. The van der Waals surface area contributed by atoms with Crippen LogP contribution in [-0.2, 0) is 0 Å². The molecule has 0 saturated carbocycles. The zero-order valence-electron chi connectivity index (χ0n) is 23.5. The fraction of sp³-hybridized carbons (Fsp3) is 0. The summed E-state index contributed by atoms with van der Waals surface area (Å²) in [6, 6.07) is 39.3. The smallest absolute Gasteiger partial charge is 0.0799 e. The highest BCUT2D eigenvalue weighted by Crippen LogP contribution is 2.39. The highest BCUT2D eigenvalue weighted by Gasteiger charge is 2.18. The molecule has 2 aliphatic heterocycles. The third-order valence-corrected chi connectivity index (χ3v) is 9.07. The Hall–Kier alpha value is -5.10. The van der Waals surface area contributed by atoms with Crippen molar-refractivity contribution in [2.45, 2.75) is 9.79 Å². The molecular weight excluding hydrogens is 580 g/mol. The average Bonchev–Trinajstić information content (AvgIpc) is 3.88. The quantitative estimate of drug-likeness (QED) is 0.210. The van der Waals surface area contributed by atoms with Gasteiger partial charge < -0.3 is 9.97 Å². The van der Waals surface area contributed by atoms with Gasteiger partial charge in [0, 0.05) is 43.1 Å². The van der Waals surface area contributed by atoms with Gasteiger partial charge in [-0.3, -0.25) is 0 Å². The van der Waals surface area contributed by atoms with E-state index in [2.05, 4.69) is 113 Å². The summed E-state index contributed by atoms with van der Waals surface area (Å²) < 4.78 is 0. The number of nitrogens with zero attached hydrogens (tertiary/aromatic N) is 2. The van der Waals surface area contributed by atoms with Crippen molar-refractivity contribution < 1.29 is 0 Å². The fourth-order valence-electron chi connectivity index (χ4n) is 5.66. The number of aromatic nitrogens is 4. The first kappa shape index (κ1) is 26.5. The molecule has 6 aromatic rings. The number of rotatable bonds is 4. The third-order valence-electron chi connectivity index (χ3n) is 7.68. The van der Waals surface area contributed by atoms with E-state index in [9.17, 15) is 0 Å². The lowest BCUT2D eigenvalue weighted by Crippen LogP contribution is -1.89. The maximum atomic E-state index is 6.23. The molecule has 0 amide bonds. The molecule has 0 aliphatic carbocycles. The van der Waals surface area contributed by atoms with Crippen molar-refractivity contribution in [2.75, 3.05) is 0 Å². The minimum absolute atomic E-state index is 0.705. The molecular formula is C38H25ClN4S. The van der Waals surface area contributed by atoms with E-state index in [0.29, 0.717) is 5.02 Å². The molecule has 2 N–H and O–H groups in total. The molecule has 4 nitrogen and oxygen atoms in total. The molecule has 3 aromatic heterocycles. The molecule has 0 atom stereocenters. The standard InChI is InChI=1S/C38H25ClN4S/c39-26-11-15-29(16-12-26)44-38-34-21-19-32(42-34)36(24-7-3-1-4-8-24)30-17-13-27(40-30)23-28-14-18-31(41-28)37(25-9-5-2-6-10-25)33-20-22-35(38)43-33/h1-23,40-41H. The molecule has 0 unspecified atom stereocenters. The van der Waals surface area contributed by atoms with Crippen LogP contribution >= 0.6 is 23.4 Å². The van der Waals surface area contributed by atoms with E-state index in [4.69, 9.17) is 21.6 Å². The van der Waals surface area contributed by atoms with Crippen molar-refractivity contribution in [1.29, 1.82) is 0 Å². The Balaban J connectivity index is 1.49. The van der Waals surface area contributed by atoms with Gasteiger partial charge in [-0.1, -0.05) is 84.0 Å². The first-order valence-electron chi connectivity index (χ1n) is 14.4. The summed E-state index contributed by atoms with van der Waals surface area (Å²) in [6.45, 7) is 0. The summed E-state index contributed by atoms with van der Waals surface area (Å²) in [4.78, 5) is 19.8. The summed E-state index contributed by atoms with van der Waals surface area (Å²) in [5.41, 5.74) is 11.8. The molecule has 0 radical (unpaired) electrons. The van der Waals surface area contributed by atoms with Crippen LogP contribution in [-0.4, -0.2) is 19.9 Å². The highest BCUT2D eigenvalue weighted by molar-refractivity contribution is 7.99. The van der Waals surface area contributed by atoms with Crippen LogP contribution in [0.1, 0.15) is 22.8 Å². The van der Waals surface area contributed by atoms with Crippen molar-refractivity contribution in [3.8, 4) is 22.3 Å². The summed E-state index contributed by atoms with van der Waals surface area (Å²) in [5, 5.41) is 0.705. The maximum Gasteiger partial charge on any atom is 0.0799 e. The molecule has 0 fully saturated rings. The van der Waals surface area contributed by atoms with Crippen LogP contribution in [0, 0.1) is 0 Å². The summed E-state index contributed by atoms with van der Waals surface area (Å²) in [6.07, 6.45) is 8.39. The van der Waals surface area contributed by atoms with Crippen molar-refractivity contribution in [2.24, 2.45) is 0 Å². The van der Waals surface area contributed by atoms with Gasteiger partial charge in [0.2, 0.25) is 0 Å². The number of hydrogen-bond acceptors (Lipinski definition) is 3. The van der Waals surface area contributed by atoms with Crippen LogP contribution in [0.3, 0.4) is 0 Å². The van der Waals surface area contributed by atoms with Crippen molar-refractivity contribution >= 4 is 69.7 Å². The summed E-state index contributed by atoms with van der Waals surface area (Å²) in [7, 11) is 0. The highest BCUT2D eigenvalue weighted by atomic mass is 35.5. The fourth-order valence-corrected chi connectivity index (χ4v) is 6.73. The SMILES string of the molecule is Clc1ccc(Sc2c3nc(c(-c4ccccc4)c4ccc(cc5ccc([nH]5)c(-c5ccccc5)c5nc2C=C5)[nH]4)C=C3)cc1. The predicted molar refractivity (Wildman–Crippen MR) is 185 cm³/mol. The summed E-state index contributed by atoms with van der Waals surface area (Å²) >= 11 is 7.88. The number of benzene rings is 3. The largest absolute Gasteiger partial charge is 0.355 e. The van der Waals surface area contributed by atoms with Gasteiger partial charge >= 0.3 is 0 Å². The molecule has 44 heavy (non-hydrogen) atoms. The molecule has 8 bridgehead atoms. The number of H-pyrrole nitrogens is 2. The molecule has 0 spiro atoms. The van der Waals surface area contributed by atoms with Gasteiger partial charge in [0.25, 0.3) is 0 Å². The predicted octanol–water partition coefficient (Wildman–Crippen LogP) is 10.8. The van der Waals surface area contributed by atoms with E-state index in [1.807, 2.05) is 36.4 Å². The second kappa shape index (κ2) is 11.2. The van der Waals surface area contributed by atoms with Crippen LogP contribution < -0.4 is 0 Å². The lowest BCUT2D eigenvalue weighted by atomic mass is 10.0. The van der Waals surface area contributed by atoms with Gasteiger partial charge in [-0.15, -0.1) is 0 Å². The van der Waals surface area contributed by atoms with Crippen molar-refractivity contribution in [3.63, 3.8) is 0 Å². The Bertz CT molecular complexity index is 2110. The lowest BCUT2D eigenvalue weighted by Gasteiger charge is -2.06. The van der Waals surface area contributed by atoms with E-state index < -0.39 is 0 Å². The Morgan fingerprint density at radius 1 is 0.500 bits per heavy atom. The van der Waals surface area contributed by atoms with E-state index in [-0.39, 0.29) is 0 Å². The first-order valence-corrected chi connectivity index (χ1v) is 15.5. The van der Waals surface area contributed by atoms with Gasteiger partial charge in [0.05, 0.1) is 27.7 Å². The Labute approximate surface area is 263 Å². The van der Waals surface area contributed by atoms with E-state index >= 15 is 0 Å². The van der Waals surface area contributed by atoms with Gasteiger partial charge in [-0.05, 0) is 90.0 Å². The van der Waals surface area contributed by atoms with E-state index in [1.54, 1.807) is 11.8 Å². The van der Waals surface area contributed by atoms with Gasteiger partial charge in [-0.25, -0.2) is 9.97 Å².